The molecular formula is C17H19FN3O8PS. The summed E-state index contributed by atoms with van der Waals surface area (Å²) in [5.41, 5.74) is -2.69. The van der Waals surface area contributed by atoms with Crippen LogP contribution in [-0.4, -0.2) is 44.5 Å². The number of aromatic nitrogens is 2. The Morgan fingerprint density at radius 2 is 2.16 bits per heavy atom. The van der Waals surface area contributed by atoms with Gasteiger partial charge in [-0.25, -0.2) is 9.36 Å². The lowest BCUT2D eigenvalue weighted by molar-refractivity contribution is -0.138. The summed E-state index contributed by atoms with van der Waals surface area (Å²) < 4.78 is 43.9. The van der Waals surface area contributed by atoms with Crippen LogP contribution in [0.15, 0.2) is 46.1 Å². The smallest absolute Gasteiger partial charge is 0.459 e. The quantitative estimate of drug-likeness (QED) is 0.456. The number of carbonyl (C=O) groups is 1. The molecule has 1 fully saturated rings. The first-order chi connectivity index (χ1) is 14.7. The van der Waals surface area contributed by atoms with E-state index in [2.05, 4.69) is 5.09 Å². The Bertz CT molecular complexity index is 1090. The van der Waals surface area contributed by atoms with Crippen LogP contribution >= 0.6 is 19.5 Å². The Hall–Kier alpha value is -2.44. The maximum atomic E-state index is 13.5. The zero-order chi connectivity index (χ0) is 22.6. The van der Waals surface area contributed by atoms with Crippen molar-refractivity contribution < 1.29 is 32.6 Å². The Labute approximate surface area is 179 Å². The highest BCUT2D eigenvalue weighted by molar-refractivity contribution is 8.00. The number of rotatable bonds is 9. The second-order valence-corrected chi connectivity index (χ2v) is 9.27. The molecule has 1 aliphatic heterocycles. The van der Waals surface area contributed by atoms with Crippen LogP contribution in [0.5, 0.6) is 5.75 Å². The number of halogens is 1. The molecule has 1 unspecified atom stereocenters. The number of hydrogen-bond acceptors (Lipinski definition) is 8. The number of para-hydroxylation sites is 1. The van der Waals surface area contributed by atoms with E-state index in [1.807, 2.05) is 4.98 Å². The van der Waals surface area contributed by atoms with Crippen molar-refractivity contribution in [2.45, 2.75) is 24.6 Å². The minimum Gasteiger partial charge on any atom is -0.480 e. The lowest BCUT2D eigenvalue weighted by atomic mass is 10.3. The van der Waals surface area contributed by atoms with Crippen LogP contribution in [0.2, 0.25) is 0 Å². The second kappa shape index (κ2) is 9.79. The van der Waals surface area contributed by atoms with E-state index in [9.17, 15) is 23.3 Å². The highest BCUT2D eigenvalue weighted by atomic mass is 32.2. The van der Waals surface area contributed by atoms with E-state index < -0.39 is 48.5 Å². The number of nitrogens with zero attached hydrogens (tertiary/aromatic N) is 1. The van der Waals surface area contributed by atoms with Gasteiger partial charge in [-0.15, -0.1) is 11.8 Å². The molecule has 2 aromatic rings. The fourth-order valence-corrected chi connectivity index (χ4v) is 5.10. The summed E-state index contributed by atoms with van der Waals surface area (Å²) in [5, 5.41) is 11.4. The standard InChI is InChI=1S/C17H19FN3O8PS/c1-10(16(23)24)20-30(26,29-11-5-3-2-4-6-11)27-8-14-28-13(9-31-14)21-7-12(18)15(22)19-17(21)25/h2-7,10,13-14H,8-9H2,1H3,(H,20,26)(H,23,24)(H,19,22,25)/t10-,13-,14+,30?/m0/s1. The van der Waals surface area contributed by atoms with Crippen molar-refractivity contribution in [1.29, 1.82) is 0 Å². The molecule has 0 aliphatic carbocycles. The van der Waals surface area contributed by atoms with Gasteiger partial charge in [-0.2, -0.15) is 9.48 Å². The number of carboxylic acid groups (broad SMARTS) is 1. The minimum absolute atomic E-state index is 0.198. The van der Waals surface area contributed by atoms with E-state index in [1.54, 1.807) is 18.2 Å². The highest BCUT2D eigenvalue weighted by Crippen LogP contribution is 2.46. The van der Waals surface area contributed by atoms with Gasteiger partial charge in [-0.3, -0.25) is 23.7 Å². The number of benzene rings is 1. The van der Waals surface area contributed by atoms with E-state index in [-0.39, 0.29) is 18.1 Å². The molecule has 0 spiro atoms. The third-order valence-electron chi connectivity index (χ3n) is 4.04. The molecule has 1 aromatic carbocycles. The molecule has 0 bridgehead atoms. The molecule has 168 valence electrons. The third kappa shape index (κ3) is 6.05. The lowest BCUT2D eigenvalue weighted by Gasteiger charge is -2.23. The summed E-state index contributed by atoms with van der Waals surface area (Å²) in [6, 6.07) is 6.82. The van der Waals surface area contributed by atoms with Crippen molar-refractivity contribution in [2.24, 2.45) is 0 Å². The van der Waals surface area contributed by atoms with E-state index in [4.69, 9.17) is 18.9 Å². The van der Waals surface area contributed by atoms with Crippen LogP contribution in [0.4, 0.5) is 4.39 Å². The van der Waals surface area contributed by atoms with Gasteiger partial charge in [0, 0.05) is 5.75 Å². The number of carboxylic acids is 1. The highest BCUT2D eigenvalue weighted by Gasteiger charge is 2.35. The second-order valence-electron chi connectivity index (χ2n) is 6.38. The molecule has 0 amide bonds. The van der Waals surface area contributed by atoms with Gasteiger partial charge in [-0.1, -0.05) is 18.2 Å². The first-order valence-electron chi connectivity index (χ1n) is 8.95. The number of ether oxygens (including phenoxy) is 1. The predicted octanol–water partition coefficient (Wildman–Crippen LogP) is 1.53. The molecule has 1 aliphatic rings. The Morgan fingerprint density at radius 1 is 1.45 bits per heavy atom. The van der Waals surface area contributed by atoms with Crippen molar-refractivity contribution >= 4 is 25.5 Å². The van der Waals surface area contributed by atoms with Crippen molar-refractivity contribution in [3.63, 3.8) is 0 Å². The van der Waals surface area contributed by atoms with Crippen LogP contribution in [0.3, 0.4) is 0 Å². The summed E-state index contributed by atoms with van der Waals surface area (Å²) in [4.78, 5) is 36.1. The summed E-state index contributed by atoms with van der Waals surface area (Å²) in [6.45, 7) is 0.992. The summed E-state index contributed by atoms with van der Waals surface area (Å²) in [6.07, 6.45) is -0.146. The molecule has 31 heavy (non-hydrogen) atoms. The molecule has 0 saturated carbocycles. The van der Waals surface area contributed by atoms with Gasteiger partial charge in [0.15, 0.2) is 0 Å². The third-order valence-corrected chi connectivity index (χ3v) is 6.78. The monoisotopic (exact) mass is 475 g/mol. The van der Waals surface area contributed by atoms with Crippen LogP contribution in [0.25, 0.3) is 0 Å². The van der Waals surface area contributed by atoms with Gasteiger partial charge < -0.3 is 14.4 Å². The average molecular weight is 475 g/mol. The first-order valence-corrected chi connectivity index (χ1v) is 11.5. The molecule has 3 N–H and O–H groups in total. The number of hydrogen-bond donors (Lipinski definition) is 3. The van der Waals surface area contributed by atoms with Gasteiger partial charge in [0.1, 0.15) is 23.5 Å². The van der Waals surface area contributed by atoms with Crippen LogP contribution < -0.4 is 20.9 Å². The van der Waals surface area contributed by atoms with E-state index in [1.165, 1.54) is 30.8 Å². The normalized spacial score (nSPS) is 21.4. The molecule has 14 heteroatoms. The van der Waals surface area contributed by atoms with Crippen LogP contribution in [-0.2, 0) is 18.6 Å². The number of thioether (sulfide) groups is 1. The molecule has 11 nitrogen and oxygen atoms in total. The van der Waals surface area contributed by atoms with Gasteiger partial charge >= 0.3 is 19.4 Å². The molecular weight excluding hydrogens is 456 g/mol. The fourth-order valence-electron chi connectivity index (χ4n) is 2.51. The molecule has 1 saturated heterocycles. The largest absolute Gasteiger partial charge is 0.480 e. The molecule has 3 rings (SSSR count). The fraction of sp³-hybridized carbons (Fsp3) is 0.353. The number of aromatic amines is 1. The van der Waals surface area contributed by atoms with Crippen molar-refractivity contribution in [3.8, 4) is 5.75 Å². The van der Waals surface area contributed by atoms with Gasteiger partial charge in [-0.05, 0) is 19.1 Å². The zero-order valence-corrected chi connectivity index (χ0v) is 17.8. The molecule has 4 atom stereocenters. The first kappa shape index (κ1) is 23.2. The number of nitrogens with one attached hydrogen (secondary N) is 2. The maximum absolute atomic E-state index is 13.5. The predicted molar refractivity (Wildman–Crippen MR) is 109 cm³/mol. The van der Waals surface area contributed by atoms with Crippen molar-refractivity contribution in [3.05, 3.63) is 63.2 Å². The zero-order valence-electron chi connectivity index (χ0n) is 16.1. The summed E-state index contributed by atoms with van der Waals surface area (Å²) in [5.74, 6) is -1.97. The lowest BCUT2D eigenvalue weighted by Crippen LogP contribution is -2.35. The van der Waals surface area contributed by atoms with E-state index >= 15 is 0 Å². The Kier molecular flexibility index (Phi) is 7.34. The number of H-pyrrole nitrogens is 1. The minimum atomic E-state index is -4.12. The summed E-state index contributed by atoms with van der Waals surface area (Å²) >= 11 is 1.19. The van der Waals surface area contributed by atoms with Crippen LogP contribution in [0, 0.1) is 5.82 Å². The topological polar surface area (TPSA) is 149 Å². The molecule has 2 heterocycles. The van der Waals surface area contributed by atoms with Gasteiger partial charge in [0.2, 0.25) is 5.82 Å². The van der Waals surface area contributed by atoms with Crippen molar-refractivity contribution in [2.75, 3.05) is 12.4 Å². The van der Waals surface area contributed by atoms with Crippen LogP contribution in [0.1, 0.15) is 13.2 Å². The maximum Gasteiger partial charge on any atom is 0.459 e. The molecule has 1 aromatic heterocycles. The van der Waals surface area contributed by atoms with E-state index in [0.29, 0.717) is 0 Å². The van der Waals surface area contributed by atoms with Gasteiger partial charge in [0.05, 0.1) is 12.8 Å². The molecule has 0 radical (unpaired) electrons. The Morgan fingerprint density at radius 3 is 2.84 bits per heavy atom. The Balaban J connectivity index is 1.68. The van der Waals surface area contributed by atoms with E-state index in [0.717, 1.165) is 10.8 Å². The number of aliphatic carboxylic acids is 1. The van der Waals surface area contributed by atoms with Crippen molar-refractivity contribution in [1.82, 2.24) is 14.6 Å². The average Bonchev–Trinajstić information content (AvgIpc) is 3.19. The SMILES string of the molecule is C[C@H](NP(=O)(OC[C@@H]1O[C@H](n2cc(F)c(=O)[nH]c2=O)CS1)Oc1ccccc1)C(=O)O. The summed E-state index contributed by atoms with van der Waals surface area (Å²) in [7, 11) is -4.12. The van der Waals surface area contributed by atoms with Gasteiger partial charge in [0.25, 0.3) is 5.56 Å².